The van der Waals surface area contributed by atoms with Gasteiger partial charge in [0.15, 0.2) is 6.61 Å². The van der Waals surface area contributed by atoms with Gasteiger partial charge in [0.2, 0.25) is 0 Å². The summed E-state index contributed by atoms with van der Waals surface area (Å²) in [6.45, 7) is -0.352. The summed E-state index contributed by atoms with van der Waals surface area (Å²) in [4.78, 5) is 14.1. The van der Waals surface area contributed by atoms with Crippen molar-refractivity contribution in [2.45, 2.75) is 4.90 Å². The van der Waals surface area contributed by atoms with Crippen LogP contribution in [-0.2, 0) is 4.79 Å². The Kier molecular flexibility index (Phi) is 9.12. The van der Waals surface area contributed by atoms with Crippen molar-refractivity contribution in [3.8, 4) is 26.6 Å². The molecule has 5 aromatic rings. The molecule has 0 saturated carbocycles. The minimum absolute atomic E-state index is 0.352. The topological polar surface area (TPSA) is 46.5 Å². The Hall–Kier alpha value is -3.00. The molecular formula is C31H22Cl2O3S3. The number of rotatable bonds is 10. The van der Waals surface area contributed by atoms with E-state index in [1.165, 1.54) is 0 Å². The molecule has 2 aromatic heterocycles. The lowest BCUT2D eigenvalue weighted by molar-refractivity contribution is -0.139. The van der Waals surface area contributed by atoms with E-state index < -0.39 is 5.97 Å². The van der Waals surface area contributed by atoms with Gasteiger partial charge in [0.1, 0.15) is 5.75 Å². The number of hydrogen-bond acceptors (Lipinski definition) is 5. The molecule has 0 unspecified atom stereocenters. The second-order valence-electron chi connectivity index (χ2n) is 8.44. The van der Waals surface area contributed by atoms with Crippen molar-refractivity contribution >= 4 is 69.2 Å². The normalized spacial score (nSPS) is 10.8. The van der Waals surface area contributed by atoms with Crippen molar-refractivity contribution < 1.29 is 14.6 Å². The van der Waals surface area contributed by atoms with Crippen molar-refractivity contribution in [2.75, 3.05) is 12.4 Å². The molecule has 0 bridgehead atoms. The van der Waals surface area contributed by atoms with E-state index in [0.29, 0.717) is 5.75 Å². The Balaban J connectivity index is 1.38. The van der Waals surface area contributed by atoms with Crippen LogP contribution in [0.4, 0.5) is 0 Å². The van der Waals surface area contributed by atoms with Crippen LogP contribution >= 0.6 is 57.6 Å². The number of thioether (sulfide) groups is 1. The molecule has 196 valence electrons. The third kappa shape index (κ3) is 7.35. The van der Waals surface area contributed by atoms with Crippen LogP contribution in [0.2, 0.25) is 8.67 Å². The summed E-state index contributed by atoms with van der Waals surface area (Å²) in [6.07, 6.45) is 2.24. The minimum Gasteiger partial charge on any atom is -0.482 e. The summed E-state index contributed by atoms with van der Waals surface area (Å²) in [6, 6.07) is 32.6. The highest BCUT2D eigenvalue weighted by atomic mass is 35.5. The van der Waals surface area contributed by atoms with Crippen LogP contribution in [0.3, 0.4) is 0 Å². The average Bonchev–Trinajstić information content (AvgIpc) is 3.59. The Morgan fingerprint density at radius 3 is 1.69 bits per heavy atom. The second kappa shape index (κ2) is 12.9. The highest BCUT2D eigenvalue weighted by molar-refractivity contribution is 7.99. The van der Waals surface area contributed by atoms with Crippen LogP contribution in [0.5, 0.6) is 5.75 Å². The van der Waals surface area contributed by atoms with E-state index in [0.717, 1.165) is 56.9 Å². The van der Waals surface area contributed by atoms with Crippen LogP contribution < -0.4 is 4.74 Å². The van der Waals surface area contributed by atoms with Gasteiger partial charge in [-0.05, 0) is 76.4 Å². The monoisotopic (exact) mass is 608 g/mol. The van der Waals surface area contributed by atoms with E-state index in [-0.39, 0.29) is 6.61 Å². The molecule has 39 heavy (non-hydrogen) atoms. The van der Waals surface area contributed by atoms with Gasteiger partial charge in [0, 0.05) is 20.4 Å². The van der Waals surface area contributed by atoms with Crippen LogP contribution in [0.25, 0.3) is 26.5 Å². The molecule has 5 rings (SSSR count). The van der Waals surface area contributed by atoms with Crippen LogP contribution in [0.1, 0.15) is 11.1 Å². The number of carbonyl (C=O) groups is 1. The highest BCUT2D eigenvalue weighted by Gasteiger charge is 2.09. The lowest BCUT2D eigenvalue weighted by Gasteiger charge is -2.11. The molecule has 2 heterocycles. The van der Waals surface area contributed by atoms with Crippen molar-refractivity contribution in [3.63, 3.8) is 0 Å². The van der Waals surface area contributed by atoms with Gasteiger partial charge in [-0.15, -0.1) is 34.4 Å². The van der Waals surface area contributed by atoms with Crippen LogP contribution in [0, 0.1) is 0 Å². The van der Waals surface area contributed by atoms with E-state index in [9.17, 15) is 4.79 Å². The molecule has 8 heteroatoms. The molecule has 0 radical (unpaired) electrons. The van der Waals surface area contributed by atoms with Gasteiger partial charge in [-0.25, -0.2) is 4.79 Å². The van der Waals surface area contributed by atoms with Crippen molar-refractivity contribution in [1.82, 2.24) is 0 Å². The van der Waals surface area contributed by atoms with Gasteiger partial charge < -0.3 is 9.84 Å². The van der Waals surface area contributed by atoms with Crippen LogP contribution in [0.15, 0.2) is 108 Å². The molecule has 0 amide bonds. The SMILES string of the molecule is O=C(O)COc1ccc(SCC=C(c2ccc(-c3ccc(Cl)s3)cc2)c2ccc(-c3ccc(Cl)s3)cc2)cc1. The summed E-state index contributed by atoms with van der Waals surface area (Å²) in [5.41, 5.74) is 5.69. The fourth-order valence-electron chi connectivity index (χ4n) is 3.97. The Morgan fingerprint density at radius 1 is 0.744 bits per heavy atom. The number of carboxylic acids is 1. The zero-order valence-electron chi connectivity index (χ0n) is 20.5. The van der Waals surface area contributed by atoms with E-state index in [4.69, 9.17) is 33.0 Å². The first-order valence-corrected chi connectivity index (χ1v) is 15.3. The van der Waals surface area contributed by atoms with Gasteiger partial charge >= 0.3 is 5.97 Å². The summed E-state index contributed by atoms with van der Waals surface area (Å²) in [7, 11) is 0. The number of carboxylic acid groups (broad SMARTS) is 1. The Morgan fingerprint density at radius 2 is 1.26 bits per heavy atom. The van der Waals surface area contributed by atoms with Crippen molar-refractivity contribution in [3.05, 3.63) is 123 Å². The summed E-state index contributed by atoms with van der Waals surface area (Å²) in [5, 5.41) is 8.79. The molecule has 1 N–H and O–H groups in total. The fourth-order valence-corrected chi connectivity index (χ4v) is 6.84. The van der Waals surface area contributed by atoms with Gasteiger partial charge in [0.05, 0.1) is 8.67 Å². The number of thiophene rings is 2. The fraction of sp³-hybridized carbons (Fsp3) is 0.0645. The lowest BCUT2D eigenvalue weighted by atomic mass is 9.95. The molecule has 0 spiro atoms. The molecule has 0 fully saturated rings. The summed E-state index contributed by atoms with van der Waals surface area (Å²) >= 11 is 17.1. The smallest absolute Gasteiger partial charge is 0.341 e. The maximum atomic E-state index is 10.7. The summed E-state index contributed by atoms with van der Waals surface area (Å²) < 4.78 is 6.79. The van der Waals surface area contributed by atoms with Gasteiger partial charge in [-0.2, -0.15) is 0 Å². The first-order chi connectivity index (χ1) is 18.9. The van der Waals surface area contributed by atoms with E-state index >= 15 is 0 Å². The Bertz CT molecular complexity index is 1500. The number of benzene rings is 3. The third-order valence-electron chi connectivity index (χ3n) is 5.83. The molecule has 0 aliphatic carbocycles. The number of aliphatic carboxylic acids is 1. The molecule has 0 aliphatic rings. The summed E-state index contributed by atoms with van der Waals surface area (Å²) in [5.74, 6) is 0.303. The van der Waals surface area contributed by atoms with E-state index in [2.05, 4.69) is 54.6 Å². The highest BCUT2D eigenvalue weighted by Crippen LogP contribution is 2.35. The van der Waals surface area contributed by atoms with E-state index in [1.54, 1.807) is 46.6 Å². The minimum atomic E-state index is -0.995. The second-order valence-corrected chi connectivity index (χ2v) is 13.0. The first kappa shape index (κ1) is 27.6. The lowest BCUT2D eigenvalue weighted by Crippen LogP contribution is -2.09. The third-order valence-corrected chi connectivity index (χ3v) is 9.33. The van der Waals surface area contributed by atoms with Crippen molar-refractivity contribution in [1.29, 1.82) is 0 Å². The quantitative estimate of drug-likeness (QED) is 0.160. The van der Waals surface area contributed by atoms with Gasteiger partial charge in [-0.1, -0.05) is 77.8 Å². The molecule has 0 aliphatic heterocycles. The van der Waals surface area contributed by atoms with E-state index in [1.807, 2.05) is 36.4 Å². The predicted molar refractivity (Wildman–Crippen MR) is 167 cm³/mol. The standard InChI is InChI=1S/C31H22Cl2O3S3/c32-29-15-13-27(38-29)22-5-1-20(2-6-22)26(21-3-7-23(8-4-21)28-14-16-30(33)39-28)17-18-37-25-11-9-24(10-12-25)36-19-31(34)35/h1-17H,18-19H2,(H,34,35). The number of hydrogen-bond donors (Lipinski definition) is 1. The maximum absolute atomic E-state index is 10.7. The number of halogens is 2. The Labute approximate surface area is 249 Å². The van der Waals surface area contributed by atoms with Crippen molar-refractivity contribution in [2.24, 2.45) is 0 Å². The average molecular weight is 610 g/mol. The molecule has 3 aromatic carbocycles. The van der Waals surface area contributed by atoms with Gasteiger partial charge in [0.25, 0.3) is 0 Å². The molecule has 3 nitrogen and oxygen atoms in total. The van der Waals surface area contributed by atoms with Gasteiger partial charge in [-0.3, -0.25) is 0 Å². The largest absolute Gasteiger partial charge is 0.482 e. The first-order valence-electron chi connectivity index (χ1n) is 11.9. The maximum Gasteiger partial charge on any atom is 0.341 e. The zero-order chi connectivity index (χ0) is 27.2. The molecule has 0 atom stereocenters. The zero-order valence-corrected chi connectivity index (χ0v) is 24.4. The molecular weight excluding hydrogens is 587 g/mol. The number of ether oxygens (including phenoxy) is 1. The van der Waals surface area contributed by atoms with Crippen LogP contribution in [-0.4, -0.2) is 23.4 Å². The molecule has 0 saturated heterocycles. The predicted octanol–water partition coefficient (Wildman–Crippen LogP) is 10.1.